The van der Waals surface area contributed by atoms with Gasteiger partial charge >= 0.3 is 0 Å². The third-order valence-electron chi connectivity index (χ3n) is 2.14. The molecule has 3 nitrogen and oxygen atoms in total. The summed E-state index contributed by atoms with van der Waals surface area (Å²) in [4.78, 5) is 0. The van der Waals surface area contributed by atoms with Crippen molar-refractivity contribution in [2.24, 2.45) is 5.92 Å². The predicted molar refractivity (Wildman–Crippen MR) is 63.2 cm³/mol. The molecule has 0 fully saturated rings. The van der Waals surface area contributed by atoms with Gasteiger partial charge in [0.25, 0.3) is 0 Å². The average Bonchev–Trinajstić information content (AvgIpc) is 2.10. The molecule has 0 aromatic heterocycles. The molecule has 1 aromatic rings. The van der Waals surface area contributed by atoms with Crippen LogP contribution < -0.4 is 16.8 Å². The quantitative estimate of drug-likeness (QED) is 0.643. The lowest BCUT2D eigenvalue weighted by Gasteiger charge is -2.09. The number of benzene rings is 1. The predicted octanol–water partition coefficient (Wildman–Crippen LogP) is 2.31. The maximum atomic E-state index is 5.69. The lowest BCUT2D eigenvalue weighted by atomic mass is 10.1. The van der Waals surface area contributed by atoms with E-state index in [2.05, 4.69) is 19.2 Å². The third kappa shape index (κ3) is 3.17. The van der Waals surface area contributed by atoms with Gasteiger partial charge in [-0.3, -0.25) is 0 Å². The fourth-order valence-corrected chi connectivity index (χ4v) is 1.19. The van der Waals surface area contributed by atoms with Crippen molar-refractivity contribution in [2.75, 3.05) is 23.3 Å². The van der Waals surface area contributed by atoms with Gasteiger partial charge in [0.15, 0.2) is 0 Å². The molecule has 0 atom stereocenters. The lowest BCUT2D eigenvalue weighted by molar-refractivity contribution is 0.607. The molecule has 0 saturated carbocycles. The topological polar surface area (TPSA) is 64.1 Å². The second-order valence-electron chi connectivity index (χ2n) is 3.95. The van der Waals surface area contributed by atoms with Gasteiger partial charge in [0.2, 0.25) is 0 Å². The highest BCUT2D eigenvalue weighted by Crippen LogP contribution is 2.19. The van der Waals surface area contributed by atoms with Crippen molar-refractivity contribution in [3.63, 3.8) is 0 Å². The number of hydrogen-bond donors (Lipinski definition) is 3. The van der Waals surface area contributed by atoms with E-state index in [1.807, 2.05) is 18.2 Å². The Hall–Kier alpha value is -1.38. The molecule has 5 N–H and O–H groups in total. The number of hydrogen-bond acceptors (Lipinski definition) is 3. The molecule has 0 radical (unpaired) electrons. The summed E-state index contributed by atoms with van der Waals surface area (Å²) < 4.78 is 0. The van der Waals surface area contributed by atoms with E-state index in [-0.39, 0.29) is 0 Å². The average molecular weight is 193 g/mol. The minimum Gasteiger partial charge on any atom is -0.397 e. The van der Waals surface area contributed by atoms with Crippen molar-refractivity contribution >= 4 is 17.1 Å². The zero-order valence-electron chi connectivity index (χ0n) is 8.88. The van der Waals surface area contributed by atoms with Gasteiger partial charge in [0.1, 0.15) is 0 Å². The first-order valence-electron chi connectivity index (χ1n) is 4.98. The Balaban J connectivity index is 2.47. The summed E-state index contributed by atoms with van der Waals surface area (Å²) in [5.74, 6) is 0.716. The first kappa shape index (κ1) is 10.7. The number of nitrogen functional groups attached to an aromatic ring is 2. The Morgan fingerprint density at radius 1 is 1.21 bits per heavy atom. The van der Waals surface area contributed by atoms with E-state index in [1.54, 1.807) is 0 Å². The number of nitrogens with one attached hydrogen (secondary N) is 1. The van der Waals surface area contributed by atoms with E-state index in [4.69, 9.17) is 11.5 Å². The second-order valence-corrected chi connectivity index (χ2v) is 3.95. The molecule has 1 rings (SSSR count). The molecule has 0 heterocycles. The Kier molecular flexibility index (Phi) is 3.63. The molecule has 3 heteroatoms. The van der Waals surface area contributed by atoms with Gasteiger partial charge in [-0.1, -0.05) is 13.8 Å². The molecular weight excluding hydrogens is 174 g/mol. The molecule has 0 bridgehead atoms. The van der Waals surface area contributed by atoms with Gasteiger partial charge in [-0.25, -0.2) is 0 Å². The van der Waals surface area contributed by atoms with Crippen LogP contribution in [0.5, 0.6) is 0 Å². The highest BCUT2D eigenvalue weighted by atomic mass is 14.9. The number of rotatable bonds is 4. The summed E-state index contributed by atoms with van der Waals surface area (Å²) in [6.07, 6.45) is 1.16. The fraction of sp³-hybridized carbons (Fsp3) is 0.455. The summed E-state index contributed by atoms with van der Waals surface area (Å²) in [6, 6.07) is 5.65. The van der Waals surface area contributed by atoms with E-state index < -0.39 is 0 Å². The van der Waals surface area contributed by atoms with Crippen molar-refractivity contribution in [2.45, 2.75) is 20.3 Å². The van der Waals surface area contributed by atoms with Gasteiger partial charge in [-0.2, -0.15) is 0 Å². The van der Waals surface area contributed by atoms with Crippen LogP contribution in [0.2, 0.25) is 0 Å². The molecule has 14 heavy (non-hydrogen) atoms. The first-order valence-corrected chi connectivity index (χ1v) is 4.98. The summed E-state index contributed by atoms with van der Waals surface area (Å²) in [6.45, 7) is 5.39. The van der Waals surface area contributed by atoms with Gasteiger partial charge in [0, 0.05) is 12.2 Å². The van der Waals surface area contributed by atoms with Gasteiger partial charge in [-0.05, 0) is 30.5 Å². The maximum Gasteiger partial charge on any atom is 0.0568 e. The van der Waals surface area contributed by atoms with E-state index in [1.165, 1.54) is 0 Å². The van der Waals surface area contributed by atoms with Crippen LogP contribution in [0.15, 0.2) is 18.2 Å². The maximum absolute atomic E-state index is 5.69. The van der Waals surface area contributed by atoms with Crippen LogP contribution >= 0.6 is 0 Å². The molecule has 0 aliphatic rings. The largest absolute Gasteiger partial charge is 0.397 e. The number of anilines is 3. The first-order chi connectivity index (χ1) is 6.59. The molecule has 0 aliphatic carbocycles. The molecular formula is C11H19N3. The van der Waals surface area contributed by atoms with Crippen LogP contribution in [-0.2, 0) is 0 Å². The monoisotopic (exact) mass is 193 g/mol. The molecule has 0 amide bonds. The standard InChI is InChI=1S/C11H19N3/c1-8(2)5-6-14-9-3-4-10(12)11(13)7-9/h3-4,7-8,14H,5-6,12-13H2,1-2H3. The van der Waals surface area contributed by atoms with E-state index >= 15 is 0 Å². The van der Waals surface area contributed by atoms with Crippen LogP contribution in [-0.4, -0.2) is 6.54 Å². The van der Waals surface area contributed by atoms with Crippen LogP contribution in [0.4, 0.5) is 17.1 Å². The third-order valence-corrected chi connectivity index (χ3v) is 2.14. The smallest absolute Gasteiger partial charge is 0.0568 e. The Labute approximate surface area is 85.5 Å². The fourth-order valence-electron chi connectivity index (χ4n) is 1.19. The molecule has 78 valence electrons. The molecule has 0 unspecified atom stereocenters. The van der Waals surface area contributed by atoms with Gasteiger partial charge in [-0.15, -0.1) is 0 Å². The van der Waals surface area contributed by atoms with Crippen LogP contribution in [0.1, 0.15) is 20.3 Å². The van der Waals surface area contributed by atoms with Crippen LogP contribution in [0.3, 0.4) is 0 Å². The molecule has 0 saturated heterocycles. The van der Waals surface area contributed by atoms with Gasteiger partial charge < -0.3 is 16.8 Å². The van der Waals surface area contributed by atoms with E-state index in [9.17, 15) is 0 Å². The summed E-state index contributed by atoms with van der Waals surface area (Å²) in [7, 11) is 0. The Morgan fingerprint density at radius 3 is 2.50 bits per heavy atom. The highest BCUT2D eigenvalue weighted by molar-refractivity contribution is 5.69. The van der Waals surface area contributed by atoms with Crippen LogP contribution in [0, 0.1) is 5.92 Å². The molecule has 1 aromatic carbocycles. The van der Waals surface area contributed by atoms with Crippen molar-refractivity contribution in [3.8, 4) is 0 Å². The van der Waals surface area contributed by atoms with Crippen molar-refractivity contribution in [1.29, 1.82) is 0 Å². The van der Waals surface area contributed by atoms with E-state index in [0.717, 1.165) is 18.7 Å². The summed E-state index contributed by atoms with van der Waals surface area (Å²) >= 11 is 0. The lowest BCUT2D eigenvalue weighted by Crippen LogP contribution is -2.05. The Morgan fingerprint density at radius 2 is 1.93 bits per heavy atom. The van der Waals surface area contributed by atoms with Crippen molar-refractivity contribution in [1.82, 2.24) is 0 Å². The normalized spacial score (nSPS) is 10.5. The second kappa shape index (κ2) is 4.74. The minimum absolute atomic E-state index is 0.638. The molecule has 0 spiro atoms. The SMILES string of the molecule is CC(C)CCNc1ccc(N)c(N)c1. The zero-order chi connectivity index (χ0) is 10.6. The van der Waals surface area contributed by atoms with Gasteiger partial charge in [0.05, 0.1) is 11.4 Å². The zero-order valence-corrected chi connectivity index (χ0v) is 8.88. The van der Waals surface area contributed by atoms with Crippen LogP contribution in [0.25, 0.3) is 0 Å². The Bertz CT molecular complexity index is 295. The highest BCUT2D eigenvalue weighted by Gasteiger charge is 1.97. The summed E-state index contributed by atoms with van der Waals surface area (Å²) in [5, 5.41) is 3.31. The van der Waals surface area contributed by atoms with Crippen molar-refractivity contribution < 1.29 is 0 Å². The number of nitrogens with two attached hydrogens (primary N) is 2. The molecule has 0 aliphatic heterocycles. The summed E-state index contributed by atoms with van der Waals surface area (Å²) in [5.41, 5.74) is 13.6. The van der Waals surface area contributed by atoms with E-state index in [0.29, 0.717) is 17.3 Å². The minimum atomic E-state index is 0.638. The van der Waals surface area contributed by atoms with Crippen molar-refractivity contribution in [3.05, 3.63) is 18.2 Å².